The largest absolute Gasteiger partial charge is 0.477 e. The average molecular weight is 580 g/mol. The molecule has 1 aliphatic rings. The molecule has 0 amide bonds. The predicted octanol–water partition coefficient (Wildman–Crippen LogP) is 6.34. The van der Waals surface area contributed by atoms with Crippen LogP contribution >= 0.6 is 38.9 Å². The molecule has 5 rings (SSSR count). The molecular weight excluding hydrogens is 552 g/mol. The SMILES string of the molecule is CC(C)N1CCC(N)CC1.O=C(O)c1cc2cc(Br)ccc2n1Cc1cc(-c2ccc(Cl)s2)on1. The first-order valence-electron chi connectivity index (χ1n) is 11.4. The molecule has 0 bridgehead atoms. The van der Waals surface area contributed by atoms with Crippen LogP contribution < -0.4 is 5.73 Å². The van der Waals surface area contributed by atoms with Gasteiger partial charge < -0.3 is 24.8 Å². The normalized spacial score (nSPS) is 14.9. The van der Waals surface area contributed by atoms with Crippen LogP contribution in [0.25, 0.3) is 21.5 Å². The van der Waals surface area contributed by atoms with E-state index in [0.29, 0.717) is 34.4 Å². The first kappa shape index (κ1) is 25.9. The van der Waals surface area contributed by atoms with Crippen LogP contribution in [0.15, 0.2) is 51.5 Å². The summed E-state index contributed by atoms with van der Waals surface area (Å²) in [5.74, 6) is -0.371. The number of nitrogens with two attached hydrogens (primary N) is 1. The molecule has 0 radical (unpaired) electrons. The number of thiophene rings is 1. The summed E-state index contributed by atoms with van der Waals surface area (Å²) in [6, 6.07) is 13.9. The summed E-state index contributed by atoms with van der Waals surface area (Å²) >= 11 is 10.8. The number of halogens is 2. The highest BCUT2D eigenvalue weighted by molar-refractivity contribution is 9.10. The minimum atomic E-state index is -0.985. The Morgan fingerprint density at radius 3 is 2.63 bits per heavy atom. The maximum Gasteiger partial charge on any atom is 0.352 e. The van der Waals surface area contributed by atoms with E-state index in [4.69, 9.17) is 21.9 Å². The van der Waals surface area contributed by atoms with Gasteiger partial charge in [0, 0.05) is 33.5 Å². The van der Waals surface area contributed by atoms with Crippen molar-refractivity contribution in [2.24, 2.45) is 5.73 Å². The molecule has 35 heavy (non-hydrogen) atoms. The van der Waals surface area contributed by atoms with E-state index in [0.717, 1.165) is 20.3 Å². The number of nitrogens with zero attached hydrogens (tertiary/aromatic N) is 3. The number of aromatic carboxylic acids is 1. The Kier molecular flexibility index (Phi) is 8.34. The fourth-order valence-electron chi connectivity index (χ4n) is 4.14. The maximum absolute atomic E-state index is 11.6. The Hall–Kier alpha value is -2.17. The molecule has 1 aromatic carbocycles. The van der Waals surface area contributed by atoms with Gasteiger partial charge in [-0.25, -0.2) is 4.79 Å². The van der Waals surface area contributed by atoms with Gasteiger partial charge >= 0.3 is 5.97 Å². The van der Waals surface area contributed by atoms with E-state index in [2.05, 4.69) is 39.8 Å². The van der Waals surface area contributed by atoms with E-state index >= 15 is 0 Å². The lowest BCUT2D eigenvalue weighted by atomic mass is 10.1. The highest BCUT2D eigenvalue weighted by atomic mass is 79.9. The smallest absolute Gasteiger partial charge is 0.352 e. The van der Waals surface area contributed by atoms with Crippen LogP contribution in [-0.2, 0) is 6.54 Å². The molecule has 4 aromatic rings. The molecule has 0 saturated carbocycles. The molecular formula is C25H28BrClN4O3S. The lowest BCUT2D eigenvalue weighted by Crippen LogP contribution is -2.42. The van der Waals surface area contributed by atoms with E-state index in [1.807, 2.05) is 24.3 Å². The van der Waals surface area contributed by atoms with Crippen LogP contribution in [0, 0.1) is 0 Å². The van der Waals surface area contributed by atoms with Crippen LogP contribution in [0.1, 0.15) is 42.9 Å². The van der Waals surface area contributed by atoms with Gasteiger partial charge in [0.1, 0.15) is 11.4 Å². The third-order valence-electron chi connectivity index (χ3n) is 6.08. The van der Waals surface area contributed by atoms with Crippen molar-refractivity contribution in [3.8, 4) is 10.6 Å². The minimum absolute atomic E-state index is 0.205. The van der Waals surface area contributed by atoms with Crippen molar-refractivity contribution in [2.45, 2.75) is 45.3 Å². The minimum Gasteiger partial charge on any atom is -0.477 e. The molecule has 0 unspecified atom stereocenters. The van der Waals surface area contributed by atoms with Crippen molar-refractivity contribution < 1.29 is 14.4 Å². The van der Waals surface area contributed by atoms with Gasteiger partial charge in [0.2, 0.25) is 0 Å². The summed E-state index contributed by atoms with van der Waals surface area (Å²) < 4.78 is 8.66. The first-order valence-corrected chi connectivity index (χ1v) is 13.4. The number of carboxylic acid groups (broad SMARTS) is 1. The Morgan fingerprint density at radius 2 is 2.00 bits per heavy atom. The molecule has 1 aliphatic heterocycles. The van der Waals surface area contributed by atoms with Gasteiger partial charge in [-0.05, 0) is 76.2 Å². The van der Waals surface area contributed by atoms with E-state index < -0.39 is 5.97 Å². The molecule has 0 spiro atoms. The van der Waals surface area contributed by atoms with E-state index in [1.54, 1.807) is 22.8 Å². The molecule has 1 fully saturated rings. The Morgan fingerprint density at radius 1 is 1.26 bits per heavy atom. The number of fused-ring (bicyclic) bond motifs is 1. The van der Waals surface area contributed by atoms with Gasteiger partial charge in [0.15, 0.2) is 5.76 Å². The van der Waals surface area contributed by atoms with E-state index in [1.165, 1.54) is 37.3 Å². The molecule has 7 nitrogen and oxygen atoms in total. The van der Waals surface area contributed by atoms with Crippen LogP contribution in [0.2, 0.25) is 4.34 Å². The Bertz CT molecular complexity index is 1310. The molecule has 4 heterocycles. The van der Waals surface area contributed by atoms with Crippen LogP contribution in [0.5, 0.6) is 0 Å². The fourth-order valence-corrected chi connectivity index (χ4v) is 5.51. The molecule has 0 atom stereocenters. The van der Waals surface area contributed by atoms with E-state index in [9.17, 15) is 9.90 Å². The second kappa shape index (κ2) is 11.3. The number of carboxylic acids is 1. The number of aromatic nitrogens is 2. The number of hydrogen-bond acceptors (Lipinski definition) is 6. The second-order valence-corrected chi connectivity index (χ2v) is 11.5. The van der Waals surface area contributed by atoms with Crippen molar-refractivity contribution in [1.29, 1.82) is 0 Å². The zero-order chi connectivity index (χ0) is 25.1. The average Bonchev–Trinajstić information content (AvgIpc) is 3.53. The number of rotatable bonds is 5. The molecule has 1 saturated heterocycles. The topological polar surface area (TPSA) is 97.5 Å². The number of likely N-dealkylation sites (tertiary alicyclic amines) is 1. The highest BCUT2D eigenvalue weighted by Crippen LogP contribution is 2.32. The van der Waals surface area contributed by atoms with Gasteiger partial charge in [-0.2, -0.15) is 0 Å². The van der Waals surface area contributed by atoms with Crippen molar-refractivity contribution >= 4 is 55.7 Å². The van der Waals surface area contributed by atoms with Crippen molar-refractivity contribution in [3.63, 3.8) is 0 Å². The van der Waals surface area contributed by atoms with Crippen LogP contribution in [-0.4, -0.2) is 50.9 Å². The predicted molar refractivity (Wildman–Crippen MR) is 144 cm³/mol. The number of hydrogen-bond donors (Lipinski definition) is 2. The lowest BCUT2D eigenvalue weighted by Gasteiger charge is -2.32. The van der Waals surface area contributed by atoms with Crippen LogP contribution in [0.4, 0.5) is 0 Å². The number of carbonyl (C=O) groups is 1. The summed E-state index contributed by atoms with van der Waals surface area (Å²) in [7, 11) is 0. The lowest BCUT2D eigenvalue weighted by molar-refractivity contribution is 0.0686. The van der Waals surface area contributed by atoms with Crippen molar-refractivity contribution in [2.75, 3.05) is 13.1 Å². The highest BCUT2D eigenvalue weighted by Gasteiger charge is 2.18. The maximum atomic E-state index is 11.6. The standard InChI is InChI=1S/C17H10BrClN2O3S.C8H18N2/c18-10-1-2-12-9(5-10)6-13(17(22)23)21(12)8-11-7-14(24-20-11)15-3-4-16(19)25-15;1-7(2)10-5-3-8(9)4-6-10/h1-7H,8H2,(H,22,23);7-8H,3-6,9H2,1-2H3. The summed E-state index contributed by atoms with van der Waals surface area (Å²) in [4.78, 5) is 15.0. The third-order valence-corrected chi connectivity index (χ3v) is 7.82. The third kappa shape index (κ3) is 6.34. The molecule has 186 valence electrons. The monoisotopic (exact) mass is 578 g/mol. The van der Waals surface area contributed by atoms with Gasteiger partial charge in [-0.15, -0.1) is 11.3 Å². The summed E-state index contributed by atoms with van der Waals surface area (Å²) in [5.41, 5.74) is 7.44. The zero-order valence-electron chi connectivity index (χ0n) is 19.6. The number of piperidine rings is 1. The summed E-state index contributed by atoms with van der Waals surface area (Å²) in [6.45, 7) is 7.18. The quantitative estimate of drug-likeness (QED) is 0.286. The molecule has 3 aromatic heterocycles. The zero-order valence-corrected chi connectivity index (χ0v) is 22.7. The van der Waals surface area contributed by atoms with Gasteiger partial charge in [-0.1, -0.05) is 32.7 Å². The van der Waals surface area contributed by atoms with Crippen LogP contribution in [0.3, 0.4) is 0 Å². The van der Waals surface area contributed by atoms with E-state index in [-0.39, 0.29) is 5.69 Å². The Balaban J connectivity index is 0.000000243. The summed E-state index contributed by atoms with van der Waals surface area (Å²) in [5, 5.41) is 14.4. The number of benzene rings is 1. The first-order chi connectivity index (χ1) is 16.7. The second-order valence-electron chi connectivity index (χ2n) is 8.88. The molecule has 10 heteroatoms. The van der Waals surface area contributed by atoms with Gasteiger partial charge in [-0.3, -0.25) is 0 Å². The Labute approximate surface area is 221 Å². The molecule has 0 aliphatic carbocycles. The van der Waals surface area contributed by atoms with Crippen molar-refractivity contribution in [3.05, 3.63) is 62.7 Å². The van der Waals surface area contributed by atoms with Crippen molar-refractivity contribution in [1.82, 2.24) is 14.6 Å². The fraction of sp³-hybridized carbons (Fsp3) is 0.360. The van der Waals surface area contributed by atoms with Gasteiger partial charge in [0.05, 0.1) is 15.8 Å². The summed E-state index contributed by atoms with van der Waals surface area (Å²) in [6.07, 6.45) is 2.36. The van der Waals surface area contributed by atoms with Gasteiger partial charge in [0.25, 0.3) is 0 Å². The molecule has 3 N–H and O–H groups in total.